The van der Waals surface area contributed by atoms with Crippen LogP contribution >= 0.6 is 0 Å². The average Bonchev–Trinajstić information content (AvgIpc) is 2.62. The highest BCUT2D eigenvalue weighted by Crippen LogP contribution is 2.31. The van der Waals surface area contributed by atoms with Gasteiger partial charge in [-0.2, -0.15) is 0 Å². The minimum atomic E-state index is -1.04. The van der Waals surface area contributed by atoms with E-state index in [2.05, 4.69) is 15.3 Å². The number of rotatable bonds is 6. The summed E-state index contributed by atoms with van der Waals surface area (Å²) in [5, 5.41) is 12.6. The molecule has 3 rings (SSSR count). The van der Waals surface area contributed by atoms with E-state index in [0.717, 1.165) is 5.56 Å². The Kier molecular flexibility index (Phi) is 4.67. The van der Waals surface area contributed by atoms with Gasteiger partial charge in [0.15, 0.2) is 5.75 Å². The molecule has 2 N–H and O–H groups in total. The molecule has 0 unspecified atom stereocenters. The van der Waals surface area contributed by atoms with Gasteiger partial charge in [0.05, 0.1) is 11.3 Å². The van der Waals surface area contributed by atoms with Crippen molar-refractivity contribution in [2.45, 2.75) is 6.54 Å². The van der Waals surface area contributed by atoms with Crippen molar-refractivity contribution in [2.75, 3.05) is 5.32 Å². The Morgan fingerprint density at radius 1 is 1.00 bits per heavy atom. The second-order valence-corrected chi connectivity index (χ2v) is 4.96. The Bertz CT molecular complexity index is 823. The Morgan fingerprint density at radius 2 is 1.75 bits per heavy atom. The van der Waals surface area contributed by atoms with E-state index in [1.165, 1.54) is 6.07 Å². The molecule has 0 amide bonds. The van der Waals surface area contributed by atoms with Gasteiger partial charge in [0.2, 0.25) is 0 Å². The van der Waals surface area contributed by atoms with Gasteiger partial charge in [-0.1, -0.05) is 36.4 Å². The summed E-state index contributed by atoms with van der Waals surface area (Å²) in [6.45, 7) is 0.469. The highest BCUT2D eigenvalue weighted by molar-refractivity contribution is 5.96. The molecule has 24 heavy (non-hydrogen) atoms. The molecule has 6 nitrogen and oxygen atoms in total. The molecule has 0 radical (unpaired) electrons. The van der Waals surface area contributed by atoms with Gasteiger partial charge in [-0.05, 0) is 23.8 Å². The first-order valence-electron chi connectivity index (χ1n) is 7.33. The van der Waals surface area contributed by atoms with Crippen LogP contribution in [0.15, 0.2) is 67.0 Å². The SMILES string of the molecule is O=C(O)c1cccc(Oc2ncccn2)c1NCc1ccccc1. The normalized spacial score (nSPS) is 10.2. The van der Waals surface area contributed by atoms with Gasteiger partial charge in [-0.15, -0.1) is 0 Å². The third-order valence-corrected chi connectivity index (χ3v) is 3.31. The first-order chi connectivity index (χ1) is 11.7. The number of aromatic carboxylic acids is 1. The molecule has 0 saturated heterocycles. The van der Waals surface area contributed by atoms with Crippen LogP contribution in [-0.4, -0.2) is 21.0 Å². The molecular formula is C18H15N3O3. The maximum Gasteiger partial charge on any atom is 0.337 e. The van der Waals surface area contributed by atoms with Crippen LogP contribution in [0, 0.1) is 0 Å². The molecule has 0 fully saturated rings. The number of ether oxygens (including phenoxy) is 1. The smallest absolute Gasteiger partial charge is 0.337 e. The van der Waals surface area contributed by atoms with Crippen LogP contribution in [0.1, 0.15) is 15.9 Å². The lowest BCUT2D eigenvalue weighted by Crippen LogP contribution is -2.08. The van der Waals surface area contributed by atoms with Crippen molar-refractivity contribution >= 4 is 11.7 Å². The molecule has 0 bridgehead atoms. The Balaban J connectivity index is 1.90. The first kappa shape index (κ1) is 15.5. The van der Waals surface area contributed by atoms with E-state index in [1.807, 2.05) is 30.3 Å². The first-order valence-corrected chi connectivity index (χ1v) is 7.33. The van der Waals surface area contributed by atoms with Crippen LogP contribution in [0.3, 0.4) is 0 Å². The maximum absolute atomic E-state index is 11.5. The summed E-state index contributed by atoms with van der Waals surface area (Å²) in [6.07, 6.45) is 3.11. The summed E-state index contributed by atoms with van der Waals surface area (Å²) in [5.41, 5.74) is 1.54. The van der Waals surface area contributed by atoms with Gasteiger partial charge in [0.1, 0.15) is 0 Å². The number of hydrogen-bond acceptors (Lipinski definition) is 5. The van der Waals surface area contributed by atoms with Crippen molar-refractivity contribution < 1.29 is 14.6 Å². The van der Waals surface area contributed by atoms with Crippen molar-refractivity contribution in [2.24, 2.45) is 0 Å². The van der Waals surface area contributed by atoms with Crippen LogP contribution in [0.5, 0.6) is 11.8 Å². The van der Waals surface area contributed by atoms with Crippen LogP contribution in [0.4, 0.5) is 5.69 Å². The minimum absolute atomic E-state index is 0.124. The van der Waals surface area contributed by atoms with E-state index in [0.29, 0.717) is 18.0 Å². The number of carbonyl (C=O) groups is 1. The predicted octanol–water partition coefficient (Wildman–Crippen LogP) is 3.58. The lowest BCUT2D eigenvalue weighted by atomic mass is 10.1. The summed E-state index contributed by atoms with van der Waals surface area (Å²) < 4.78 is 5.64. The van der Waals surface area contributed by atoms with Gasteiger partial charge < -0.3 is 15.2 Å². The largest absolute Gasteiger partial charge is 0.478 e. The van der Waals surface area contributed by atoms with Crippen molar-refractivity contribution in [1.82, 2.24) is 9.97 Å². The zero-order valence-electron chi connectivity index (χ0n) is 12.7. The van der Waals surface area contributed by atoms with Crippen LogP contribution in [-0.2, 0) is 6.54 Å². The maximum atomic E-state index is 11.5. The molecule has 1 aromatic heterocycles. The molecule has 1 heterocycles. The molecular weight excluding hydrogens is 306 g/mol. The molecule has 0 aliphatic carbocycles. The molecule has 3 aromatic rings. The Labute approximate surface area is 138 Å². The van der Waals surface area contributed by atoms with E-state index < -0.39 is 5.97 Å². The van der Waals surface area contributed by atoms with E-state index in [-0.39, 0.29) is 11.6 Å². The third kappa shape index (κ3) is 3.67. The van der Waals surface area contributed by atoms with Crippen LogP contribution in [0.2, 0.25) is 0 Å². The topological polar surface area (TPSA) is 84.3 Å². The van der Waals surface area contributed by atoms with Crippen molar-refractivity contribution in [1.29, 1.82) is 0 Å². The summed E-state index contributed by atoms with van der Waals surface area (Å²) in [6, 6.07) is 16.3. The number of carboxylic acid groups (broad SMARTS) is 1. The number of aromatic nitrogens is 2. The van der Waals surface area contributed by atoms with Gasteiger partial charge >= 0.3 is 12.0 Å². The second kappa shape index (κ2) is 7.23. The van der Waals surface area contributed by atoms with Crippen LogP contribution in [0.25, 0.3) is 0 Å². The van der Waals surface area contributed by atoms with Gasteiger partial charge in [0, 0.05) is 18.9 Å². The Morgan fingerprint density at radius 3 is 2.46 bits per heavy atom. The number of hydrogen-bond donors (Lipinski definition) is 2. The van der Waals surface area contributed by atoms with Crippen LogP contribution < -0.4 is 10.1 Å². The van der Waals surface area contributed by atoms with Gasteiger partial charge in [-0.3, -0.25) is 0 Å². The highest BCUT2D eigenvalue weighted by Gasteiger charge is 2.16. The average molecular weight is 321 g/mol. The predicted molar refractivity (Wildman–Crippen MR) is 89.3 cm³/mol. The van der Waals surface area contributed by atoms with Gasteiger partial charge in [-0.25, -0.2) is 14.8 Å². The van der Waals surface area contributed by atoms with E-state index >= 15 is 0 Å². The summed E-state index contributed by atoms with van der Waals surface area (Å²) in [4.78, 5) is 19.5. The van der Waals surface area contributed by atoms with Crippen molar-refractivity contribution in [3.05, 3.63) is 78.1 Å². The third-order valence-electron chi connectivity index (χ3n) is 3.31. The van der Waals surface area contributed by atoms with E-state index in [1.54, 1.807) is 30.6 Å². The fourth-order valence-electron chi connectivity index (χ4n) is 2.20. The van der Waals surface area contributed by atoms with E-state index in [9.17, 15) is 9.90 Å². The van der Waals surface area contributed by atoms with Crippen molar-refractivity contribution in [3.63, 3.8) is 0 Å². The molecule has 6 heteroatoms. The molecule has 0 aliphatic heterocycles. The number of carboxylic acids is 1. The number of nitrogens with zero attached hydrogens (tertiary/aromatic N) is 2. The molecule has 0 saturated carbocycles. The molecule has 0 atom stereocenters. The molecule has 0 spiro atoms. The zero-order valence-corrected chi connectivity index (χ0v) is 12.7. The standard InChI is InChI=1S/C18H15N3O3/c22-17(23)14-8-4-9-15(24-18-19-10-5-11-20-18)16(14)21-12-13-6-2-1-3-7-13/h1-11,21H,12H2,(H,22,23). The quantitative estimate of drug-likeness (QED) is 0.722. The number of benzene rings is 2. The monoisotopic (exact) mass is 321 g/mol. The summed E-state index contributed by atoms with van der Waals surface area (Å²) in [5.74, 6) is -0.679. The molecule has 0 aliphatic rings. The fraction of sp³-hybridized carbons (Fsp3) is 0.0556. The Hall–Kier alpha value is -3.41. The second-order valence-electron chi connectivity index (χ2n) is 4.96. The minimum Gasteiger partial charge on any atom is -0.478 e. The zero-order chi connectivity index (χ0) is 16.8. The fourth-order valence-corrected chi connectivity index (χ4v) is 2.20. The number of nitrogens with one attached hydrogen (secondary N) is 1. The lowest BCUT2D eigenvalue weighted by Gasteiger charge is -2.14. The lowest BCUT2D eigenvalue weighted by molar-refractivity contribution is 0.0697. The van der Waals surface area contributed by atoms with Gasteiger partial charge in [0.25, 0.3) is 0 Å². The number of para-hydroxylation sites is 1. The molecule has 120 valence electrons. The highest BCUT2D eigenvalue weighted by atomic mass is 16.5. The summed E-state index contributed by atoms with van der Waals surface area (Å²) in [7, 11) is 0. The van der Waals surface area contributed by atoms with Crippen molar-refractivity contribution in [3.8, 4) is 11.8 Å². The molecule has 2 aromatic carbocycles. The summed E-state index contributed by atoms with van der Waals surface area (Å²) >= 11 is 0. The van der Waals surface area contributed by atoms with E-state index in [4.69, 9.17) is 4.74 Å². The number of anilines is 1.